The van der Waals surface area contributed by atoms with E-state index >= 15 is 0 Å². The molecule has 0 aliphatic heterocycles. The minimum absolute atomic E-state index is 0.0136. The Morgan fingerprint density at radius 3 is 2.50 bits per heavy atom. The number of esters is 1. The molecule has 5 rings (SSSR count). The van der Waals surface area contributed by atoms with Crippen molar-refractivity contribution in [1.82, 2.24) is 0 Å². The predicted molar refractivity (Wildman–Crippen MR) is 107 cm³/mol. The first-order valence-corrected chi connectivity index (χ1v) is 10.7. The van der Waals surface area contributed by atoms with E-state index in [4.69, 9.17) is 4.74 Å². The normalized spacial score (nSPS) is 44.6. The van der Waals surface area contributed by atoms with Gasteiger partial charge in [0.15, 0.2) is 5.41 Å². The number of fused-ring (bicyclic) bond motifs is 4. The van der Waals surface area contributed by atoms with E-state index in [-0.39, 0.29) is 40.7 Å². The molecule has 3 saturated carbocycles. The maximum atomic E-state index is 13.7. The summed E-state index contributed by atoms with van der Waals surface area (Å²) in [5.41, 5.74) is 0.186. The zero-order chi connectivity index (χ0) is 19.7. The van der Waals surface area contributed by atoms with Gasteiger partial charge < -0.3 is 4.74 Å². The van der Waals surface area contributed by atoms with E-state index in [0.717, 1.165) is 24.8 Å². The maximum Gasteiger partial charge on any atom is 0.328 e. The Morgan fingerprint density at radius 2 is 1.89 bits per heavy atom. The molecule has 4 bridgehead atoms. The fourth-order valence-electron chi connectivity index (χ4n) is 7.06. The van der Waals surface area contributed by atoms with E-state index in [0.29, 0.717) is 5.92 Å². The summed E-state index contributed by atoms with van der Waals surface area (Å²) in [5.74, 6) is 0.417. The first kappa shape index (κ1) is 18.0. The summed E-state index contributed by atoms with van der Waals surface area (Å²) in [6.07, 6.45) is 8.36. The number of hydrogen-bond donors (Lipinski definition) is 0. The van der Waals surface area contributed by atoms with Gasteiger partial charge in [-0.2, -0.15) is 5.26 Å². The minimum Gasteiger partial charge on any atom is -0.461 e. The molecule has 1 aromatic carbocycles. The Labute approximate surface area is 167 Å². The van der Waals surface area contributed by atoms with Gasteiger partial charge in [-0.05, 0) is 48.5 Å². The third kappa shape index (κ3) is 2.02. The number of ether oxygens (including phenoxy) is 1. The van der Waals surface area contributed by atoms with Crippen molar-refractivity contribution in [3.63, 3.8) is 0 Å². The summed E-state index contributed by atoms with van der Waals surface area (Å²) in [5, 5.41) is 10.3. The van der Waals surface area contributed by atoms with Crippen molar-refractivity contribution in [2.75, 3.05) is 0 Å². The molecule has 0 saturated heterocycles. The zero-order valence-corrected chi connectivity index (χ0v) is 17.0. The summed E-state index contributed by atoms with van der Waals surface area (Å²) in [4.78, 5) is 13.7. The number of carbonyl (C=O) groups excluding carboxylic acids is 1. The minimum atomic E-state index is -1.09. The molecule has 0 unspecified atom stereocenters. The van der Waals surface area contributed by atoms with Crippen LogP contribution >= 0.6 is 0 Å². The van der Waals surface area contributed by atoms with Crippen molar-refractivity contribution in [2.24, 2.45) is 34.0 Å². The smallest absolute Gasteiger partial charge is 0.328 e. The van der Waals surface area contributed by atoms with E-state index < -0.39 is 5.41 Å². The van der Waals surface area contributed by atoms with Crippen molar-refractivity contribution in [3.05, 3.63) is 48.0 Å². The Balaban J connectivity index is 1.49. The van der Waals surface area contributed by atoms with Crippen LogP contribution in [0.4, 0.5) is 0 Å². The second-order valence-electron chi connectivity index (χ2n) is 10.3. The lowest BCUT2D eigenvalue weighted by atomic mass is 9.66. The second kappa shape index (κ2) is 5.72. The lowest BCUT2D eigenvalue weighted by Gasteiger charge is -2.41. The van der Waals surface area contributed by atoms with Gasteiger partial charge in [-0.1, -0.05) is 63.3 Å². The highest BCUT2D eigenvalue weighted by molar-refractivity contribution is 5.84. The van der Waals surface area contributed by atoms with Gasteiger partial charge >= 0.3 is 5.97 Å². The first-order valence-electron chi connectivity index (χ1n) is 10.7. The van der Waals surface area contributed by atoms with Crippen LogP contribution in [0.15, 0.2) is 42.5 Å². The standard InChI is InChI=1S/C25H29NO2/c1-23(2)18-11-12-24(23,3)20(14-18)28-22(27)25(15-26)19-10-9-17(13-19)21(25)16-7-5-4-6-8-16/h4-10,17-21H,11-14H2,1-3H3/t17-,18-,19+,20+,21-,24+,25-/m0/s1. The molecule has 7 atom stereocenters. The molecule has 1 aromatic rings. The Hall–Kier alpha value is -2.08. The van der Waals surface area contributed by atoms with E-state index in [2.05, 4.69) is 51.1 Å². The van der Waals surface area contributed by atoms with Gasteiger partial charge in [0.2, 0.25) is 0 Å². The van der Waals surface area contributed by atoms with E-state index in [1.807, 2.05) is 18.2 Å². The third-order valence-electron chi connectivity index (χ3n) is 9.26. The van der Waals surface area contributed by atoms with Gasteiger partial charge in [-0.25, -0.2) is 0 Å². The number of allylic oxidation sites excluding steroid dienone is 2. The number of rotatable bonds is 3. The van der Waals surface area contributed by atoms with Crippen molar-refractivity contribution in [1.29, 1.82) is 5.26 Å². The first-order chi connectivity index (χ1) is 13.3. The molecule has 0 radical (unpaired) electrons. The van der Waals surface area contributed by atoms with Crippen LogP contribution in [0.1, 0.15) is 57.9 Å². The van der Waals surface area contributed by atoms with Crippen LogP contribution in [0, 0.1) is 45.3 Å². The zero-order valence-electron chi connectivity index (χ0n) is 17.0. The van der Waals surface area contributed by atoms with Gasteiger partial charge in [0, 0.05) is 17.3 Å². The van der Waals surface area contributed by atoms with Crippen LogP contribution in [-0.4, -0.2) is 12.1 Å². The fraction of sp³-hybridized carbons (Fsp3) is 0.600. The Kier molecular flexibility index (Phi) is 3.67. The Morgan fingerprint density at radius 1 is 1.14 bits per heavy atom. The topological polar surface area (TPSA) is 50.1 Å². The van der Waals surface area contributed by atoms with Crippen molar-refractivity contribution in [2.45, 2.75) is 58.5 Å². The van der Waals surface area contributed by atoms with Crippen LogP contribution < -0.4 is 0 Å². The molecule has 3 heteroatoms. The number of nitrogens with zero attached hydrogens (tertiary/aromatic N) is 1. The number of hydrogen-bond acceptors (Lipinski definition) is 3. The molecule has 4 aliphatic rings. The molecule has 4 aliphatic carbocycles. The molecule has 0 aromatic heterocycles. The van der Waals surface area contributed by atoms with E-state index in [9.17, 15) is 10.1 Å². The average molecular weight is 376 g/mol. The second-order valence-corrected chi connectivity index (χ2v) is 10.3. The van der Waals surface area contributed by atoms with Crippen LogP contribution in [0.5, 0.6) is 0 Å². The lowest BCUT2D eigenvalue weighted by Crippen LogP contribution is -2.45. The molecule has 28 heavy (non-hydrogen) atoms. The molecule has 0 heterocycles. The monoisotopic (exact) mass is 375 g/mol. The highest BCUT2D eigenvalue weighted by Gasteiger charge is 2.66. The summed E-state index contributed by atoms with van der Waals surface area (Å²) >= 11 is 0. The quantitative estimate of drug-likeness (QED) is 0.536. The molecule has 146 valence electrons. The van der Waals surface area contributed by atoms with Gasteiger partial charge in [-0.3, -0.25) is 4.79 Å². The van der Waals surface area contributed by atoms with Gasteiger partial charge in [-0.15, -0.1) is 0 Å². The highest BCUT2D eigenvalue weighted by atomic mass is 16.5. The summed E-state index contributed by atoms with van der Waals surface area (Å²) in [7, 11) is 0. The summed E-state index contributed by atoms with van der Waals surface area (Å²) < 4.78 is 6.27. The van der Waals surface area contributed by atoms with E-state index in [1.54, 1.807) is 0 Å². The lowest BCUT2D eigenvalue weighted by molar-refractivity contribution is -0.168. The maximum absolute atomic E-state index is 13.7. The van der Waals surface area contributed by atoms with Crippen molar-refractivity contribution < 1.29 is 9.53 Å². The number of carbonyl (C=O) groups is 1. The fourth-order valence-corrected chi connectivity index (χ4v) is 7.06. The molecule has 3 fully saturated rings. The van der Waals surface area contributed by atoms with Crippen molar-refractivity contribution in [3.8, 4) is 6.07 Å². The van der Waals surface area contributed by atoms with E-state index in [1.165, 1.54) is 6.42 Å². The highest BCUT2D eigenvalue weighted by Crippen LogP contribution is 2.67. The average Bonchev–Trinajstić information content (AvgIpc) is 3.39. The number of benzene rings is 1. The Bertz CT molecular complexity index is 882. The van der Waals surface area contributed by atoms with Crippen LogP contribution in [0.3, 0.4) is 0 Å². The predicted octanol–water partition coefficient (Wildman–Crippen LogP) is 5.24. The SMILES string of the molecule is CC1(C)[C@H]2CC[C@]1(C)[C@H](OC(=O)[C@@]1(C#N)[C@@H]3C=C[C@@H](C3)[C@@H]1c1ccccc1)C2. The summed E-state index contributed by atoms with van der Waals surface area (Å²) in [6.45, 7) is 6.93. The van der Waals surface area contributed by atoms with Crippen LogP contribution in [0.2, 0.25) is 0 Å². The molecule has 3 nitrogen and oxygen atoms in total. The van der Waals surface area contributed by atoms with Crippen LogP contribution in [-0.2, 0) is 9.53 Å². The van der Waals surface area contributed by atoms with Gasteiger partial charge in [0.25, 0.3) is 0 Å². The van der Waals surface area contributed by atoms with Crippen molar-refractivity contribution >= 4 is 5.97 Å². The molecule has 0 N–H and O–H groups in total. The van der Waals surface area contributed by atoms with Crippen LogP contribution in [0.25, 0.3) is 0 Å². The summed E-state index contributed by atoms with van der Waals surface area (Å²) in [6, 6.07) is 12.6. The van der Waals surface area contributed by atoms with Gasteiger partial charge in [0.05, 0.1) is 6.07 Å². The molecule has 0 spiro atoms. The largest absolute Gasteiger partial charge is 0.461 e. The number of nitriles is 1. The van der Waals surface area contributed by atoms with Gasteiger partial charge in [0.1, 0.15) is 6.10 Å². The molecular weight excluding hydrogens is 346 g/mol. The molecular formula is C25H29NO2. The third-order valence-corrected chi connectivity index (χ3v) is 9.26. The molecule has 0 amide bonds.